The maximum absolute atomic E-state index is 11.0. The number of rotatable bonds is 4. The van der Waals surface area contributed by atoms with Crippen molar-refractivity contribution in [3.05, 3.63) is 39.6 Å². The molecule has 0 fully saturated rings. The minimum atomic E-state index is -1.31. The molecule has 0 radical (unpaired) electrons. The molecule has 1 aromatic heterocycles. The highest BCUT2D eigenvalue weighted by molar-refractivity contribution is 5.99. The highest BCUT2D eigenvalue weighted by Gasteiger charge is 2.20. The van der Waals surface area contributed by atoms with Crippen molar-refractivity contribution in [2.45, 2.75) is 6.42 Å². The van der Waals surface area contributed by atoms with E-state index in [1.54, 1.807) is 0 Å². The Balaban J connectivity index is 2.73. The molecule has 2 aromatic rings. The first-order chi connectivity index (χ1) is 8.90. The average molecular weight is 264 g/mol. The third-order valence-electron chi connectivity index (χ3n) is 2.64. The van der Waals surface area contributed by atoms with Crippen LogP contribution in [0.15, 0.2) is 18.2 Å². The van der Waals surface area contributed by atoms with Crippen LogP contribution < -0.4 is 0 Å². The fourth-order valence-corrected chi connectivity index (χ4v) is 1.87. The summed E-state index contributed by atoms with van der Waals surface area (Å²) >= 11 is 0. The predicted octanol–water partition coefficient (Wildman–Crippen LogP) is 1.40. The lowest BCUT2D eigenvalue weighted by molar-refractivity contribution is -0.384. The van der Waals surface area contributed by atoms with Crippen molar-refractivity contribution in [2.24, 2.45) is 0 Å². The van der Waals surface area contributed by atoms with Crippen LogP contribution in [0.2, 0.25) is 0 Å². The van der Waals surface area contributed by atoms with Gasteiger partial charge in [-0.05, 0) is 6.07 Å². The van der Waals surface area contributed by atoms with E-state index in [4.69, 9.17) is 10.2 Å². The number of carboxylic acid groups (broad SMARTS) is 2. The highest BCUT2D eigenvalue weighted by atomic mass is 16.6. The van der Waals surface area contributed by atoms with Crippen LogP contribution >= 0.6 is 0 Å². The van der Waals surface area contributed by atoms with Gasteiger partial charge in [-0.3, -0.25) is 14.9 Å². The van der Waals surface area contributed by atoms with Crippen LogP contribution in [0.3, 0.4) is 0 Å². The fraction of sp³-hybridized carbons (Fsp3) is 0.0909. The lowest BCUT2D eigenvalue weighted by Crippen LogP contribution is -2.06. The van der Waals surface area contributed by atoms with Gasteiger partial charge >= 0.3 is 11.9 Å². The molecule has 0 aliphatic carbocycles. The van der Waals surface area contributed by atoms with E-state index in [0.717, 1.165) is 6.07 Å². The lowest BCUT2D eigenvalue weighted by Gasteiger charge is -1.97. The van der Waals surface area contributed by atoms with Crippen molar-refractivity contribution in [1.82, 2.24) is 4.98 Å². The number of hydrogen-bond acceptors (Lipinski definition) is 4. The number of fused-ring (bicyclic) bond motifs is 1. The Labute approximate surface area is 105 Å². The molecular formula is C11H8N2O6. The monoisotopic (exact) mass is 264 g/mol. The van der Waals surface area contributed by atoms with E-state index in [1.807, 2.05) is 0 Å². The first-order valence-corrected chi connectivity index (χ1v) is 5.14. The molecule has 8 nitrogen and oxygen atoms in total. The van der Waals surface area contributed by atoms with Gasteiger partial charge in [0.25, 0.3) is 5.69 Å². The van der Waals surface area contributed by atoms with E-state index >= 15 is 0 Å². The SMILES string of the molecule is O=C(O)Cc1c(C(=O)O)[nH]c2ccc([N+](=O)[O-])cc12. The van der Waals surface area contributed by atoms with E-state index in [2.05, 4.69) is 4.98 Å². The molecule has 0 saturated carbocycles. The fourth-order valence-electron chi connectivity index (χ4n) is 1.87. The van der Waals surface area contributed by atoms with Gasteiger partial charge in [-0.2, -0.15) is 0 Å². The third-order valence-corrected chi connectivity index (χ3v) is 2.64. The number of aliphatic carboxylic acids is 1. The molecule has 8 heteroatoms. The first-order valence-electron chi connectivity index (χ1n) is 5.14. The maximum atomic E-state index is 11.0. The van der Waals surface area contributed by atoms with Gasteiger partial charge in [0.1, 0.15) is 5.69 Å². The topological polar surface area (TPSA) is 134 Å². The van der Waals surface area contributed by atoms with Gasteiger partial charge in [0.15, 0.2) is 0 Å². The third kappa shape index (κ3) is 2.23. The summed E-state index contributed by atoms with van der Waals surface area (Å²) in [6.45, 7) is 0. The minimum absolute atomic E-state index is 0.0266. The summed E-state index contributed by atoms with van der Waals surface area (Å²) in [6, 6.07) is 3.73. The van der Waals surface area contributed by atoms with Crippen LogP contribution in [0.4, 0.5) is 5.69 Å². The van der Waals surface area contributed by atoms with E-state index in [1.165, 1.54) is 12.1 Å². The van der Waals surface area contributed by atoms with Gasteiger partial charge in [-0.25, -0.2) is 4.79 Å². The Morgan fingerprint density at radius 2 is 2.00 bits per heavy atom. The molecular weight excluding hydrogens is 256 g/mol. The summed E-state index contributed by atoms with van der Waals surface area (Å²) in [5.74, 6) is -2.52. The second-order valence-corrected chi connectivity index (χ2v) is 3.84. The van der Waals surface area contributed by atoms with Gasteiger partial charge in [0.2, 0.25) is 0 Å². The lowest BCUT2D eigenvalue weighted by atomic mass is 10.1. The van der Waals surface area contributed by atoms with Crippen LogP contribution in [0.1, 0.15) is 16.1 Å². The van der Waals surface area contributed by atoms with E-state index in [-0.39, 0.29) is 22.3 Å². The number of nitro groups is 1. The quantitative estimate of drug-likeness (QED) is 0.564. The number of aromatic amines is 1. The minimum Gasteiger partial charge on any atom is -0.481 e. The Morgan fingerprint density at radius 3 is 2.53 bits per heavy atom. The van der Waals surface area contributed by atoms with Crippen LogP contribution in [0, 0.1) is 10.1 Å². The van der Waals surface area contributed by atoms with Gasteiger partial charge in [-0.1, -0.05) is 0 Å². The van der Waals surface area contributed by atoms with E-state index in [0.29, 0.717) is 5.52 Å². The van der Waals surface area contributed by atoms with Crippen molar-refractivity contribution in [3.8, 4) is 0 Å². The number of carbonyl (C=O) groups is 2. The number of nitro benzene ring substituents is 1. The van der Waals surface area contributed by atoms with Crippen molar-refractivity contribution < 1.29 is 24.7 Å². The number of aromatic nitrogens is 1. The molecule has 0 unspecified atom stereocenters. The number of hydrogen-bond donors (Lipinski definition) is 3. The highest BCUT2D eigenvalue weighted by Crippen LogP contribution is 2.27. The molecule has 1 heterocycles. The zero-order valence-electron chi connectivity index (χ0n) is 9.41. The Kier molecular flexibility index (Phi) is 2.91. The predicted molar refractivity (Wildman–Crippen MR) is 63.3 cm³/mol. The van der Waals surface area contributed by atoms with Crippen LogP contribution in [-0.4, -0.2) is 32.1 Å². The molecule has 98 valence electrons. The molecule has 0 saturated heterocycles. The summed E-state index contributed by atoms with van der Waals surface area (Å²) < 4.78 is 0. The van der Waals surface area contributed by atoms with Gasteiger partial charge < -0.3 is 15.2 Å². The second-order valence-electron chi connectivity index (χ2n) is 3.84. The van der Waals surface area contributed by atoms with Crippen LogP contribution in [-0.2, 0) is 11.2 Å². The molecule has 0 aliphatic rings. The van der Waals surface area contributed by atoms with Crippen LogP contribution in [0.5, 0.6) is 0 Å². The summed E-state index contributed by atoms with van der Waals surface area (Å²) in [5.41, 5.74) is -0.120. The molecule has 2 rings (SSSR count). The number of H-pyrrole nitrogens is 1. The van der Waals surface area contributed by atoms with Gasteiger partial charge in [0, 0.05) is 28.6 Å². The zero-order chi connectivity index (χ0) is 14.2. The standard InChI is InChI=1S/C11H8N2O6/c14-9(15)4-7-6-3-5(13(18)19)1-2-8(6)12-10(7)11(16)17/h1-3,12H,4H2,(H,14,15)(H,16,17). The number of carboxylic acids is 2. The zero-order valence-corrected chi connectivity index (χ0v) is 9.41. The van der Waals surface area contributed by atoms with Gasteiger partial charge in [0.05, 0.1) is 11.3 Å². The van der Waals surface area contributed by atoms with Gasteiger partial charge in [-0.15, -0.1) is 0 Å². The summed E-state index contributed by atoms with van der Waals surface area (Å²) in [7, 11) is 0. The van der Waals surface area contributed by atoms with Crippen LogP contribution in [0.25, 0.3) is 10.9 Å². The summed E-state index contributed by atoms with van der Waals surface area (Å²) in [6.07, 6.45) is -0.525. The molecule has 3 N–H and O–H groups in total. The first kappa shape index (κ1) is 12.6. The molecule has 0 atom stereocenters. The normalized spacial score (nSPS) is 10.5. The largest absolute Gasteiger partial charge is 0.481 e. The molecule has 0 bridgehead atoms. The number of nitrogens with zero attached hydrogens (tertiary/aromatic N) is 1. The molecule has 0 aliphatic heterocycles. The Bertz CT molecular complexity index is 703. The maximum Gasteiger partial charge on any atom is 0.352 e. The molecule has 0 amide bonds. The molecule has 0 spiro atoms. The van der Waals surface area contributed by atoms with Crippen molar-refractivity contribution in [1.29, 1.82) is 0 Å². The number of aromatic carboxylic acids is 1. The average Bonchev–Trinajstić information content (AvgIpc) is 2.66. The second kappa shape index (κ2) is 4.41. The Hall–Kier alpha value is -2.90. The summed E-state index contributed by atoms with van der Waals surface area (Å²) in [5, 5.41) is 28.7. The van der Waals surface area contributed by atoms with Crippen molar-refractivity contribution in [3.63, 3.8) is 0 Å². The molecule has 19 heavy (non-hydrogen) atoms. The Morgan fingerprint density at radius 1 is 1.32 bits per heavy atom. The van der Waals surface area contributed by atoms with E-state index < -0.39 is 23.3 Å². The molecule has 1 aromatic carbocycles. The number of non-ortho nitro benzene ring substituents is 1. The number of benzene rings is 1. The van der Waals surface area contributed by atoms with Crippen molar-refractivity contribution in [2.75, 3.05) is 0 Å². The smallest absolute Gasteiger partial charge is 0.352 e. The van der Waals surface area contributed by atoms with E-state index in [9.17, 15) is 19.7 Å². The summed E-state index contributed by atoms with van der Waals surface area (Å²) in [4.78, 5) is 34.4. The number of nitrogens with one attached hydrogen (secondary N) is 1. The van der Waals surface area contributed by atoms with Crippen molar-refractivity contribution >= 4 is 28.5 Å².